The Bertz CT molecular complexity index is 2210. The van der Waals surface area contributed by atoms with Gasteiger partial charge in [0.1, 0.15) is 83.8 Å². The number of nitrogens with one attached hydrogen (secondary N) is 4. The molecule has 0 radical (unpaired) electrons. The molecule has 0 aromatic carbocycles. The Kier molecular flexibility index (Phi) is 47.2. The lowest BCUT2D eigenvalue weighted by molar-refractivity contribution is -0.282. The van der Waals surface area contributed by atoms with E-state index in [2.05, 4.69) is 42.0 Å². The second-order valence-corrected chi connectivity index (χ2v) is 28.9. The summed E-state index contributed by atoms with van der Waals surface area (Å²) in [4.78, 5) is 89.9. The topological polar surface area (TPSA) is 433 Å². The third kappa shape index (κ3) is 38.3. The van der Waals surface area contributed by atoms with Crippen molar-refractivity contribution in [1.82, 2.24) is 21.3 Å². The minimum absolute atomic E-state index is 0.00928. The lowest BCUT2D eigenvalue weighted by Gasteiger charge is -2.42. The third-order valence-corrected chi connectivity index (χ3v) is 18.4. The van der Waals surface area contributed by atoms with E-state index in [0.29, 0.717) is 70.9 Å². The van der Waals surface area contributed by atoms with Crippen molar-refractivity contribution in [2.45, 2.75) is 319 Å². The Hall–Kier alpha value is -3.83. The summed E-state index contributed by atoms with van der Waals surface area (Å²) in [5.41, 5.74) is -1.06. The number of amides is 4. The van der Waals surface area contributed by atoms with Crippen LogP contribution in [0.1, 0.15) is 228 Å². The number of aliphatic hydroxyl groups excluding tert-OH is 9. The Balaban J connectivity index is 1.58. The standard InChI is InChI=1S/C72H130N4O25/c1-49-62(87)63(88)55(43-77)99-68(49)96-37-23-15-7-10-18-27-52(82)32-40-93-46-72(76-59(86)31-26-30-58(85)73-36-22-14-13-21-35-71(4,5)6,47-94-41-33-53(83)28-19-11-8-16-24-38-97-69-60(74-50(2)80)66(91)64(89)56(44-78)100-69)48-95-42-34-54(84)29-20-12-9-17-25-39-98-70-61(75-51(3)81)67(92)65(90)57(45-79)101-70/h49,55-57,60-70,77-79,87-92H,7-48H2,1-6H3,(H,73,85)(H,74,80)(H,75,81)(H,76,86)/t49?,55?,56?,57?,60?,61?,62-,63+,64+,65+,66-,67-,68-,69-,70-,72?/m1/s1. The Morgan fingerprint density at radius 2 is 0.733 bits per heavy atom. The highest BCUT2D eigenvalue weighted by Crippen LogP contribution is 2.29. The number of unbranched alkanes of at least 4 members (excludes halogenated alkanes) is 15. The van der Waals surface area contributed by atoms with E-state index in [9.17, 15) is 79.5 Å². The van der Waals surface area contributed by atoms with Crippen molar-refractivity contribution < 1.29 is 122 Å². The average Bonchev–Trinajstić information content (AvgIpc) is 0.811. The molecule has 0 saturated carbocycles. The molecule has 4 amide bonds. The van der Waals surface area contributed by atoms with Gasteiger partial charge in [0.15, 0.2) is 18.9 Å². The molecule has 6 unspecified atom stereocenters. The molecule has 0 spiro atoms. The number of Topliss-reactive ketones (excluding diaryl/α,β-unsaturated/α-hetero) is 3. The van der Waals surface area contributed by atoms with Crippen LogP contribution in [0.25, 0.3) is 0 Å². The van der Waals surface area contributed by atoms with Crippen LogP contribution in [-0.2, 0) is 76.2 Å². The van der Waals surface area contributed by atoms with Crippen LogP contribution >= 0.6 is 0 Å². The summed E-state index contributed by atoms with van der Waals surface area (Å²) >= 11 is 0. The summed E-state index contributed by atoms with van der Waals surface area (Å²) in [6, 6.07) is -2.07. The molecule has 3 aliphatic rings. The lowest BCUT2D eigenvalue weighted by atomic mass is 9.89. The van der Waals surface area contributed by atoms with Crippen molar-refractivity contribution in [3.8, 4) is 0 Å². The first-order valence-corrected chi connectivity index (χ1v) is 37.4. The van der Waals surface area contributed by atoms with Gasteiger partial charge in [-0.25, -0.2) is 0 Å². The van der Waals surface area contributed by atoms with Crippen molar-refractivity contribution in [2.24, 2.45) is 11.3 Å². The Labute approximate surface area is 598 Å². The lowest BCUT2D eigenvalue weighted by Crippen LogP contribution is -2.64. The summed E-state index contributed by atoms with van der Waals surface area (Å²) in [5.74, 6) is -2.01. The molecule has 29 heteroatoms. The van der Waals surface area contributed by atoms with E-state index in [1.165, 1.54) is 13.8 Å². The fraction of sp³-hybridized carbons (Fsp3) is 0.903. The normalized spacial score (nSPS) is 26.0. The molecule has 0 bridgehead atoms. The van der Waals surface area contributed by atoms with Crippen LogP contribution in [0.2, 0.25) is 0 Å². The summed E-state index contributed by atoms with van der Waals surface area (Å²) in [6.45, 7) is 10.3. The van der Waals surface area contributed by atoms with E-state index < -0.39 is 135 Å². The van der Waals surface area contributed by atoms with Crippen LogP contribution in [0, 0.1) is 11.3 Å². The SMILES string of the molecule is CC(=O)NC1[C@H](OCCCCCCCC(=O)CCOCC(COCCC(=O)CCCCCCCO[C@@H]2OC(CO)[C@H](O)[C@H](O)C2C)(COCCC(=O)CCCCCCCO[C@@H]2OC(CO)[C@H](O)[C@H](O)C2NC(C)=O)NC(=O)CCCC(=O)NCCCCCCC(C)(C)C)OC(CO)[C@H](O)[C@@H]1O. The largest absolute Gasteiger partial charge is 0.394 e. The maximum absolute atomic E-state index is 13.9. The van der Waals surface area contributed by atoms with Crippen molar-refractivity contribution in [3.63, 3.8) is 0 Å². The van der Waals surface area contributed by atoms with Gasteiger partial charge in [-0.1, -0.05) is 105 Å². The van der Waals surface area contributed by atoms with E-state index in [0.717, 1.165) is 89.9 Å². The number of hydrogen-bond donors (Lipinski definition) is 13. The monoisotopic (exact) mass is 1450 g/mol. The molecular formula is C72H130N4O25. The summed E-state index contributed by atoms with van der Waals surface area (Å²) < 4.78 is 52.9. The second kappa shape index (κ2) is 52.2. The molecule has 29 nitrogen and oxygen atoms in total. The molecule has 3 rings (SSSR count). The molecular weight excluding hydrogens is 1320 g/mol. The quantitative estimate of drug-likeness (QED) is 0.0389. The molecule has 0 aromatic rings. The number of aliphatic hydroxyl groups is 9. The second-order valence-electron chi connectivity index (χ2n) is 28.9. The smallest absolute Gasteiger partial charge is 0.220 e. The summed E-state index contributed by atoms with van der Waals surface area (Å²) in [5, 5.41) is 102. The van der Waals surface area contributed by atoms with Crippen LogP contribution in [0.4, 0.5) is 0 Å². The van der Waals surface area contributed by atoms with Gasteiger partial charge in [-0.3, -0.25) is 33.6 Å². The van der Waals surface area contributed by atoms with E-state index in [1.807, 2.05) is 0 Å². The third-order valence-electron chi connectivity index (χ3n) is 18.4. The first kappa shape index (κ1) is 91.4. The number of ether oxygens (including phenoxy) is 9. The Morgan fingerprint density at radius 1 is 0.386 bits per heavy atom. The van der Waals surface area contributed by atoms with E-state index in [1.54, 1.807) is 6.92 Å². The van der Waals surface area contributed by atoms with Crippen LogP contribution in [0.3, 0.4) is 0 Å². The fourth-order valence-electron chi connectivity index (χ4n) is 12.3. The van der Waals surface area contributed by atoms with Gasteiger partial charge in [0, 0.05) is 97.5 Å². The fourth-order valence-corrected chi connectivity index (χ4v) is 12.3. The van der Waals surface area contributed by atoms with Gasteiger partial charge in [0.2, 0.25) is 23.6 Å². The van der Waals surface area contributed by atoms with Crippen molar-refractivity contribution in [2.75, 3.05) is 85.8 Å². The van der Waals surface area contributed by atoms with Gasteiger partial charge < -0.3 is 110 Å². The van der Waals surface area contributed by atoms with Gasteiger partial charge in [-0.15, -0.1) is 0 Å². The van der Waals surface area contributed by atoms with Crippen molar-refractivity contribution in [3.05, 3.63) is 0 Å². The molecule has 3 saturated heterocycles. The summed E-state index contributed by atoms with van der Waals surface area (Å²) in [7, 11) is 0. The molecule has 588 valence electrons. The number of carbonyl (C=O) groups excluding carboxylic acids is 7. The van der Waals surface area contributed by atoms with Gasteiger partial charge in [-0.05, 0) is 63.2 Å². The molecule has 101 heavy (non-hydrogen) atoms. The Morgan fingerprint density at radius 3 is 1.13 bits per heavy atom. The minimum atomic E-state index is -1.42. The minimum Gasteiger partial charge on any atom is -0.394 e. The van der Waals surface area contributed by atoms with Crippen LogP contribution in [-0.4, -0.2) is 264 Å². The molecule has 3 fully saturated rings. The highest BCUT2D eigenvalue weighted by Gasteiger charge is 2.47. The predicted molar refractivity (Wildman–Crippen MR) is 370 cm³/mol. The average molecular weight is 1450 g/mol. The van der Waals surface area contributed by atoms with E-state index >= 15 is 0 Å². The highest BCUT2D eigenvalue weighted by molar-refractivity contribution is 5.80. The zero-order valence-corrected chi connectivity index (χ0v) is 61.4. The van der Waals surface area contributed by atoms with Crippen LogP contribution in [0.5, 0.6) is 0 Å². The van der Waals surface area contributed by atoms with Gasteiger partial charge in [-0.2, -0.15) is 0 Å². The number of hydrogen-bond acceptors (Lipinski definition) is 25. The van der Waals surface area contributed by atoms with Crippen molar-refractivity contribution >= 4 is 41.0 Å². The molecule has 0 aliphatic carbocycles. The number of rotatable bonds is 58. The number of ketones is 3. The molecule has 3 aliphatic heterocycles. The molecule has 13 N–H and O–H groups in total. The van der Waals surface area contributed by atoms with Crippen molar-refractivity contribution in [1.29, 1.82) is 0 Å². The first-order chi connectivity index (χ1) is 48.2. The van der Waals surface area contributed by atoms with E-state index in [-0.39, 0.29) is 120 Å². The molecule has 0 aromatic heterocycles. The van der Waals surface area contributed by atoms with E-state index in [4.69, 9.17) is 42.6 Å². The molecule has 3 heterocycles. The zero-order chi connectivity index (χ0) is 74.6. The van der Waals surface area contributed by atoms with Crippen LogP contribution < -0.4 is 21.3 Å². The van der Waals surface area contributed by atoms with Crippen LogP contribution in [0.15, 0.2) is 0 Å². The molecule has 15 atom stereocenters. The maximum Gasteiger partial charge on any atom is 0.220 e. The van der Waals surface area contributed by atoms with Gasteiger partial charge in [0.05, 0.1) is 65.6 Å². The zero-order valence-electron chi connectivity index (χ0n) is 61.4. The van der Waals surface area contributed by atoms with Gasteiger partial charge in [0.25, 0.3) is 0 Å². The first-order valence-electron chi connectivity index (χ1n) is 37.4. The maximum atomic E-state index is 13.9. The van der Waals surface area contributed by atoms with Gasteiger partial charge >= 0.3 is 0 Å². The predicted octanol–water partition coefficient (Wildman–Crippen LogP) is 3.09. The number of carbonyl (C=O) groups is 7. The summed E-state index contributed by atoms with van der Waals surface area (Å²) in [6.07, 6.45) is 3.67. The highest BCUT2D eigenvalue weighted by atomic mass is 16.7.